The van der Waals surface area contributed by atoms with Crippen molar-refractivity contribution in [2.45, 2.75) is 51.5 Å². The van der Waals surface area contributed by atoms with E-state index in [-0.39, 0.29) is 18.6 Å². The third kappa shape index (κ3) is 7.15. The highest BCUT2D eigenvalue weighted by Crippen LogP contribution is 2.14. The summed E-state index contributed by atoms with van der Waals surface area (Å²) in [7, 11) is 0. The summed E-state index contributed by atoms with van der Waals surface area (Å²) in [6.07, 6.45) is 1.77. The summed E-state index contributed by atoms with van der Waals surface area (Å²) >= 11 is 0. The second-order valence-corrected chi connectivity index (χ2v) is 6.89. The van der Waals surface area contributed by atoms with E-state index in [0.717, 1.165) is 32.5 Å². The molecule has 0 spiro atoms. The third-order valence-corrected chi connectivity index (χ3v) is 4.64. The number of amides is 1. The molecule has 1 saturated heterocycles. The van der Waals surface area contributed by atoms with E-state index in [1.54, 1.807) is 19.9 Å². The van der Waals surface area contributed by atoms with Crippen LogP contribution >= 0.6 is 0 Å². The second-order valence-electron chi connectivity index (χ2n) is 6.89. The van der Waals surface area contributed by atoms with Gasteiger partial charge in [0.15, 0.2) is 12.2 Å². The van der Waals surface area contributed by atoms with Gasteiger partial charge in [-0.3, -0.25) is 9.69 Å². The number of rotatable bonds is 9. The summed E-state index contributed by atoms with van der Waals surface area (Å²) in [5.41, 5.74) is 1.30. The average Bonchev–Trinajstić information content (AvgIpc) is 2.68. The third-order valence-electron chi connectivity index (χ3n) is 4.64. The largest absolute Gasteiger partial charge is 0.451 e. The normalized spacial score (nSPS) is 17.7. The summed E-state index contributed by atoms with van der Waals surface area (Å²) in [4.78, 5) is 26.6. The topological polar surface area (TPSA) is 67.9 Å². The molecule has 6 nitrogen and oxygen atoms in total. The van der Waals surface area contributed by atoms with Gasteiger partial charge in [-0.25, -0.2) is 4.79 Å². The van der Waals surface area contributed by atoms with Gasteiger partial charge in [0.05, 0.1) is 6.61 Å². The van der Waals surface area contributed by atoms with Crippen molar-refractivity contribution < 1.29 is 19.1 Å². The Balaban J connectivity index is 1.70. The number of nitrogens with one attached hydrogen (secondary N) is 1. The predicted octanol–water partition coefficient (Wildman–Crippen LogP) is 2.29. The van der Waals surface area contributed by atoms with Gasteiger partial charge in [0.2, 0.25) is 0 Å². The maximum atomic E-state index is 12.3. The highest BCUT2D eigenvalue weighted by molar-refractivity contribution is 5.84. The number of piperidine rings is 1. The zero-order chi connectivity index (χ0) is 19.6. The zero-order valence-electron chi connectivity index (χ0n) is 16.2. The molecule has 1 heterocycles. The first-order chi connectivity index (χ1) is 13.0. The molecule has 0 aromatic heterocycles. The molecule has 2 atom stereocenters. The van der Waals surface area contributed by atoms with E-state index >= 15 is 0 Å². The maximum absolute atomic E-state index is 12.3. The number of esters is 1. The number of carbonyl (C=O) groups is 2. The molecule has 2 unspecified atom stereocenters. The quantitative estimate of drug-likeness (QED) is 0.531. The van der Waals surface area contributed by atoms with Crippen LogP contribution in [0.4, 0.5) is 0 Å². The van der Waals surface area contributed by atoms with Crippen molar-refractivity contribution in [3.05, 3.63) is 48.6 Å². The van der Waals surface area contributed by atoms with E-state index in [4.69, 9.17) is 9.47 Å². The van der Waals surface area contributed by atoms with Crippen molar-refractivity contribution in [2.75, 3.05) is 19.7 Å². The Kier molecular flexibility index (Phi) is 8.48. The highest BCUT2D eigenvalue weighted by atomic mass is 16.6. The number of nitrogens with zero attached hydrogens (tertiary/aromatic N) is 1. The van der Waals surface area contributed by atoms with Gasteiger partial charge in [0.1, 0.15) is 0 Å². The van der Waals surface area contributed by atoms with Crippen LogP contribution in [0, 0.1) is 0 Å². The van der Waals surface area contributed by atoms with Crippen molar-refractivity contribution >= 4 is 11.9 Å². The number of hydrogen-bond acceptors (Lipinski definition) is 5. The molecule has 1 N–H and O–H groups in total. The van der Waals surface area contributed by atoms with Crippen LogP contribution in [0.5, 0.6) is 0 Å². The number of carbonyl (C=O) groups excluding carboxylic acids is 2. The van der Waals surface area contributed by atoms with Gasteiger partial charge in [-0.05, 0) is 32.3 Å². The van der Waals surface area contributed by atoms with Crippen molar-refractivity contribution in [3.63, 3.8) is 0 Å². The molecular formula is C21H30N2O4. The summed E-state index contributed by atoms with van der Waals surface area (Å²) in [5, 5.41) is 2.99. The van der Waals surface area contributed by atoms with Gasteiger partial charge >= 0.3 is 5.97 Å². The van der Waals surface area contributed by atoms with Crippen molar-refractivity contribution in [3.8, 4) is 0 Å². The Bertz CT molecular complexity index is 612. The molecule has 1 aliphatic rings. The number of ether oxygens (including phenoxy) is 2. The lowest BCUT2D eigenvalue weighted by atomic mass is 10.0. The Morgan fingerprint density at radius 2 is 1.89 bits per heavy atom. The van der Waals surface area contributed by atoms with E-state index in [0.29, 0.717) is 0 Å². The molecule has 0 radical (unpaired) electrons. The maximum Gasteiger partial charge on any atom is 0.335 e. The molecule has 1 aromatic carbocycles. The minimum atomic E-state index is -0.838. The van der Waals surface area contributed by atoms with E-state index < -0.39 is 18.2 Å². The van der Waals surface area contributed by atoms with Crippen LogP contribution in [0.25, 0.3) is 0 Å². The molecule has 1 aliphatic heterocycles. The van der Waals surface area contributed by atoms with Gasteiger partial charge in [-0.15, -0.1) is 6.58 Å². The van der Waals surface area contributed by atoms with Gasteiger partial charge in [0, 0.05) is 25.7 Å². The Labute approximate surface area is 161 Å². The molecule has 27 heavy (non-hydrogen) atoms. The first kappa shape index (κ1) is 21.1. The molecule has 148 valence electrons. The van der Waals surface area contributed by atoms with E-state index in [1.807, 2.05) is 18.2 Å². The van der Waals surface area contributed by atoms with Crippen molar-refractivity contribution in [1.82, 2.24) is 10.2 Å². The lowest BCUT2D eigenvalue weighted by molar-refractivity contribution is -0.164. The van der Waals surface area contributed by atoms with E-state index in [9.17, 15) is 9.59 Å². The molecule has 0 saturated carbocycles. The first-order valence-corrected chi connectivity index (χ1v) is 9.49. The molecule has 1 aromatic rings. The van der Waals surface area contributed by atoms with Crippen molar-refractivity contribution in [2.24, 2.45) is 0 Å². The van der Waals surface area contributed by atoms with Crippen LogP contribution in [-0.2, 0) is 25.6 Å². The summed E-state index contributed by atoms with van der Waals surface area (Å²) in [6, 6.07) is 10.5. The molecule has 1 amide bonds. The van der Waals surface area contributed by atoms with Crippen LogP contribution < -0.4 is 5.32 Å². The summed E-state index contributed by atoms with van der Waals surface area (Å²) in [6.45, 7) is 9.76. The van der Waals surface area contributed by atoms with E-state index in [1.165, 1.54) is 5.56 Å². The summed E-state index contributed by atoms with van der Waals surface area (Å²) in [5.74, 6) is -0.807. The first-order valence-electron chi connectivity index (χ1n) is 9.49. The highest BCUT2D eigenvalue weighted by Gasteiger charge is 2.26. The van der Waals surface area contributed by atoms with E-state index in [2.05, 4.69) is 28.9 Å². The molecule has 6 heteroatoms. The smallest absolute Gasteiger partial charge is 0.335 e. The van der Waals surface area contributed by atoms with Gasteiger partial charge in [0.25, 0.3) is 5.91 Å². The average molecular weight is 374 g/mol. The Morgan fingerprint density at radius 1 is 1.22 bits per heavy atom. The zero-order valence-corrected chi connectivity index (χ0v) is 16.2. The van der Waals surface area contributed by atoms with Crippen LogP contribution in [-0.4, -0.2) is 54.7 Å². The molecular weight excluding hydrogens is 344 g/mol. The molecule has 2 rings (SSSR count). The van der Waals surface area contributed by atoms with Crippen LogP contribution in [0.15, 0.2) is 43.0 Å². The minimum absolute atomic E-state index is 0.111. The monoisotopic (exact) mass is 374 g/mol. The van der Waals surface area contributed by atoms with Crippen molar-refractivity contribution in [1.29, 1.82) is 0 Å². The van der Waals surface area contributed by atoms with Gasteiger partial charge in [-0.2, -0.15) is 0 Å². The number of hydrogen-bond donors (Lipinski definition) is 1. The lowest BCUT2D eigenvalue weighted by Gasteiger charge is -2.32. The molecule has 0 bridgehead atoms. The van der Waals surface area contributed by atoms with Crippen LogP contribution in [0.3, 0.4) is 0 Å². The standard InChI is InChI=1S/C21H30N2O4/c1-4-14-26-17(3)21(25)27-16(2)20(24)22-19-10-12-23(13-11-19)15-18-8-6-5-7-9-18/h4-9,16-17,19H,1,10-15H2,2-3H3,(H,22,24). The SMILES string of the molecule is C=CCOC(C)C(=O)OC(C)C(=O)NC1CCN(Cc2ccccc2)CC1. The minimum Gasteiger partial charge on any atom is -0.451 e. The Hall–Kier alpha value is -2.18. The fraction of sp³-hybridized carbons (Fsp3) is 0.524. The fourth-order valence-corrected chi connectivity index (χ4v) is 3.00. The number of benzene rings is 1. The Morgan fingerprint density at radius 3 is 2.52 bits per heavy atom. The predicted molar refractivity (Wildman–Crippen MR) is 104 cm³/mol. The summed E-state index contributed by atoms with van der Waals surface area (Å²) < 4.78 is 10.4. The molecule has 1 fully saturated rings. The van der Waals surface area contributed by atoms with Crippen LogP contribution in [0.1, 0.15) is 32.3 Å². The fourth-order valence-electron chi connectivity index (χ4n) is 3.00. The van der Waals surface area contributed by atoms with Gasteiger partial charge < -0.3 is 14.8 Å². The molecule has 0 aliphatic carbocycles. The lowest BCUT2D eigenvalue weighted by Crippen LogP contribution is -2.48. The van der Waals surface area contributed by atoms with Gasteiger partial charge in [-0.1, -0.05) is 36.4 Å². The number of likely N-dealkylation sites (tertiary alicyclic amines) is 1. The van der Waals surface area contributed by atoms with Crippen LogP contribution in [0.2, 0.25) is 0 Å². The second kappa shape index (κ2) is 10.8.